The zero-order chi connectivity index (χ0) is 11.7. The lowest BCUT2D eigenvalue weighted by atomic mass is 10.3. The fraction of sp³-hybridized carbons (Fsp3) is 0.636. The van der Waals surface area contributed by atoms with Gasteiger partial charge in [-0.1, -0.05) is 11.3 Å². The first-order valence-corrected chi connectivity index (χ1v) is 6.24. The second-order valence-electron chi connectivity index (χ2n) is 4.09. The maximum atomic E-state index is 11.4. The molecule has 1 aromatic heterocycles. The Kier molecular flexibility index (Phi) is 3.25. The second kappa shape index (κ2) is 4.51. The average Bonchev–Trinajstić information content (AvgIpc) is 2.60. The number of carbonyl (C=O) groups excluding carboxylic acids is 1. The van der Waals surface area contributed by atoms with Crippen molar-refractivity contribution >= 4 is 22.3 Å². The van der Waals surface area contributed by atoms with Crippen molar-refractivity contribution in [1.82, 2.24) is 4.98 Å². The summed E-state index contributed by atoms with van der Waals surface area (Å²) in [7, 11) is 0. The lowest BCUT2D eigenvalue weighted by Gasteiger charge is -2.30. The molecule has 1 aromatic rings. The number of rotatable bonds is 2. The Morgan fingerprint density at radius 2 is 2.38 bits per heavy atom. The minimum atomic E-state index is 0.0996. The molecule has 5 heteroatoms. The average molecular weight is 240 g/mol. The van der Waals surface area contributed by atoms with Crippen LogP contribution in [0.1, 0.15) is 29.2 Å². The first kappa shape index (κ1) is 11.5. The summed E-state index contributed by atoms with van der Waals surface area (Å²) < 4.78 is 5.48. The molecular formula is C11H16N2O2S. The smallest absolute Gasteiger partial charge is 0.186 e. The van der Waals surface area contributed by atoms with E-state index in [1.54, 1.807) is 6.92 Å². The molecule has 1 unspecified atom stereocenters. The molecule has 0 spiro atoms. The van der Waals surface area contributed by atoms with Gasteiger partial charge in [-0.05, 0) is 13.8 Å². The first-order chi connectivity index (χ1) is 7.58. The van der Waals surface area contributed by atoms with Crippen molar-refractivity contribution in [1.29, 1.82) is 0 Å². The summed E-state index contributed by atoms with van der Waals surface area (Å²) in [5, 5.41) is 0.942. The molecule has 0 N–H and O–H groups in total. The number of anilines is 1. The van der Waals surface area contributed by atoms with E-state index in [1.807, 2.05) is 6.92 Å². The van der Waals surface area contributed by atoms with Gasteiger partial charge < -0.3 is 9.64 Å². The molecule has 1 fully saturated rings. The predicted octanol–water partition coefficient (Wildman–Crippen LogP) is 1.88. The Bertz CT molecular complexity index is 403. The number of hydrogen-bond donors (Lipinski definition) is 0. The third-order valence-electron chi connectivity index (χ3n) is 2.62. The van der Waals surface area contributed by atoms with E-state index in [-0.39, 0.29) is 11.9 Å². The van der Waals surface area contributed by atoms with Crippen molar-refractivity contribution in [2.24, 2.45) is 0 Å². The standard InChI is InChI=1S/C11H16N2O2S/c1-7-6-13(4-5-15-7)11-12-8(2)10(16-11)9(3)14/h7H,4-6H2,1-3H3. The summed E-state index contributed by atoms with van der Waals surface area (Å²) in [5.74, 6) is 0.0996. The molecule has 2 heterocycles. The molecule has 0 amide bonds. The highest BCUT2D eigenvalue weighted by atomic mass is 32.1. The van der Waals surface area contributed by atoms with Crippen molar-refractivity contribution in [3.8, 4) is 0 Å². The monoisotopic (exact) mass is 240 g/mol. The summed E-state index contributed by atoms with van der Waals surface area (Å²) >= 11 is 1.49. The van der Waals surface area contributed by atoms with Crippen LogP contribution in [0.25, 0.3) is 0 Å². The molecule has 0 saturated carbocycles. The number of thiazole rings is 1. The van der Waals surface area contributed by atoms with Gasteiger partial charge >= 0.3 is 0 Å². The normalized spacial score (nSPS) is 21.2. The number of morpholine rings is 1. The van der Waals surface area contributed by atoms with Gasteiger partial charge in [0.1, 0.15) is 0 Å². The maximum Gasteiger partial charge on any atom is 0.186 e. The maximum absolute atomic E-state index is 11.4. The van der Waals surface area contributed by atoms with E-state index in [2.05, 4.69) is 16.8 Å². The van der Waals surface area contributed by atoms with E-state index < -0.39 is 0 Å². The number of nitrogens with zero attached hydrogens (tertiary/aromatic N) is 2. The van der Waals surface area contributed by atoms with Gasteiger partial charge in [-0.3, -0.25) is 4.79 Å². The highest BCUT2D eigenvalue weighted by Gasteiger charge is 2.21. The number of aromatic nitrogens is 1. The Hall–Kier alpha value is -0.940. The van der Waals surface area contributed by atoms with E-state index in [0.717, 1.165) is 35.4 Å². The Morgan fingerprint density at radius 3 is 2.94 bits per heavy atom. The number of aryl methyl sites for hydroxylation is 1. The van der Waals surface area contributed by atoms with Crippen LogP contribution in [0.3, 0.4) is 0 Å². The fourth-order valence-electron chi connectivity index (χ4n) is 1.84. The molecule has 2 rings (SSSR count). The SMILES string of the molecule is CC(=O)c1sc(N2CCOC(C)C2)nc1C. The molecule has 0 aliphatic carbocycles. The Balaban J connectivity index is 2.20. The third-order valence-corrected chi connectivity index (χ3v) is 3.94. The predicted molar refractivity (Wildman–Crippen MR) is 64.5 cm³/mol. The van der Waals surface area contributed by atoms with Crippen molar-refractivity contribution < 1.29 is 9.53 Å². The zero-order valence-corrected chi connectivity index (χ0v) is 10.6. The minimum Gasteiger partial charge on any atom is -0.375 e. The van der Waals surface area contributed by atoms with E-state index in [4.69, 9.17) is 4.74 Å². The molecule has 4 nitrogen and oxygen atoms in total. The lowest BCUT2D eigenvalue weighted by molar-refractivity contribution is 0.0532. The third kappa shape index (κ3) is 2.25. The molecule has 1 atom stereocenters. The van der Waals surface area contributed by atoms with E-state index >= 15 is 0 Å². The molecular weight excluding hydrogens is 224 g/mol. The first-order valence-electron chi connectivity index (χ1n) is 5.43. The van der Waals surface area contributed by atoms with Crippen molar-refractivity contribution in [3.05, 3.63) is 10.6 Å². The Labute approximate surface area is 99.2 Å². The van der Waals surface area contributed by atoms with Gasteiger partial charge in [-0.15, -0.1) is 0 Å². The van der Waals surface area contributed by atoms with Crippen LogP contribution < -0.4 is 4.90 Å². The number of ether oxygens (including phenoxy) is 1. The molecule has 0 bridgehead atoms. The number of carbonyl (C=O) groups is 1. The lowest BCUT2D eigenvalue weighted by Crippen LogP contribution is -2.41. The van der Waals surface area contributed by atoms with Crippen LogP contribution in [0.5, 0.6) is 0 Å². The minimum absolute atomic E-state index is 0.0996. The molecule has 0 aromatic carbocycles. The Morgan fingerprint density at radius 1 is 1.62 bits per heavy atom. The number of Topliss-reactive ketones (excluding diaryl/α,β-unsaturated/α-hetero) is 1. The molecule has 1 saturated heterocycles. The molecule has 1 aliphatic heterocycles. The summed E-state index contributed by atoms with van der Waals surface area (Å²) in [6.45, 7) is 7.97. The van der Waals surface area contributed by atoms with Gasteiger partial charge in [0, 0.05) is 20.0 Å². The van der Waals surface area contributed by atoms with Crippen LogP contribution in [0.4, 0.5) is 5.13 Å². The quantitative estimate of drug-likeness (QED) is 0.740. The molecule has 16 heavy (non-hydrogen) atoms. The van der Waals surface area contributed by atoms with Crippen molar-refractivity contribution in [2.45, 2.75) is 26.9 Å². The van der Waals surface area contributed by atoms with Crippen LogP contribution in [-0.2, 0) is 4.74 Å². The molecule has 0 radical (unpaired) electrons. The van der Waals surface area contributed by atoms with Crippen LogP contribution in [0.15, 0.2) is 0 Å². The van der Waals surface area contributed by atoms with Gasteiger partial charge in [0.15, 0.2) is 10.9 Å². The van der Waals surface area contributed by atoms with Crippen LogP contribution in [-0.4, -0.2) is 36.6 Å². The van der Waals surface area contributed by atoms with Gasteiger partial charge in [0.25, 0.3) is 0 Å². The summed E-state index contributed by atoms with van der Waals surface area (Å²) in [6.07, 6.45) is 0.235. The fourth-order valence-corrected chi connectivity index (χ4v) is 2.83. The summed E-state index contributed by atoms with van der Waals surface area (Å²) in [5.41, 5.74) is 0.839. The summed E-state index contributed by atoms with van der Waals surface area (Å²) in [6, 6.07) is 0. The number of ketones is 1. The van der Waals surface area contributed by atoms with Crippen molar-refractivity contribution in [2.75, 3.05) is 24.6 Å². The van der Waals surface area contributed by atoms with E-state index in [1.165, 1.54) is 11.3 Å². The van der Waals surface area contributed by atoms with Gasteiger partial charge in [-0.2, -0.15) is 0 Å². The second-order valence-corrected chi connectivity index (χ2v) is 5.07. The van der Waals surface area contributed by atoms with Crippen LogP contribution in [0.2, 0.25) is 0 Å². The van der Waals surface area contributed by atoms with Gasteiger partial charge in [0.05, 0.1) is 23.3 Å². The zero-order valence-electron chi connectivity index (χ0n) is 9.82. The topological polar surface area (TPSA) is 42.4 Å². The van der Waals surface area contributed by atoms with Crippen molar-refractivity contribution in [3.63, 3.8) is 0 Å². The largest absolute Gasteiger partial charge is 0.375 e. The van der Waals surface area contributed by atoms with Crippen LogP contribution >= 0.6 is 11.3 Å². The van der Waals surface area contributed by atoms with Crippen LogP contribution in [0, 0.1) is 6.92 Å². The van der Waals surface area contributed by atoms with Gasteiger partial charge in [0.2, 0.25) is 0 Å². The highest BCUT2D eigenvalue weighted by molar-refractivity contribution is 7.17. The highest BCUT2D eigenvalue weighted by Crippen LogP contribution is 2.27. The number of hydrogen-bond acceptors (Lipinski definition) is 5. The molecule has 88 valence electrons. The van der Waals surface area contributed by atoms with E-state index in [0.29, 0.717) is 0 Å². The summed E-state index contributed by atoms with van der Waals surface area (Å²) in [4.78, 5) is 18.8. The van der Waals surface area contributed by atoms with Gasteiger partial charge in [-0.25, -0.2) is 4.98 Å². The van der Waals surface area contributed by atoms with E-state index in [9.17, 15) is 4.79 Å². The molecule has 1 aliphatic rings.